The molecule has 2 unspecified atom stereocenters. The molecule has 0 aliphatic heterocycles. The van der Waals surface area contributed by atoms with Gasteiger partial charge in [-0.25, -0.2) is 0 Å². The number of carbonyl (C=O) groups is 2. The van der Waals surface area contributed by atoms with Gasteiger partial charge in [0.25, 0.3) is 0 Å². The van der Waals surface area contributed by atoms with E-state index in [1.165, 1.54) is 0 Å². The lowest BCUT2D eigenvalue weighted by atomic mass is 9.79. The van der Waals surface area contributed by atoms with E-state index in [2.05, 4.69) is 5.32 Å². The Labute approximate surface area is 77.3 Å². The first-order valence-electron chi connectivity index (χ1n) is 4.65. The molecule has 0 spiro atoms. The Hall–Kier alpha value is -1.06. The molecule has 0 aromatic heterocycles. The molecule has 2 atom stereocenters. The first kappa shape index (κ1) is 10.0. The zero-order valence-corrected chi connectivity index (χ0v) is 7.53. The second-order valence-electron chi connectivity index (χ2n) is 3.52. The van der Waals surface area contributed by atoms with E-state index in [1.54, 1.807) is 0 Å². The van der Waals surface area contributed by atoms with Crippen LogP contribution in [0.4, 0.5) is 0 Å². The lowest BCUT2D eigenvalue weighted by Crippen LogP contribution is -2.34. The summed E-state index contributed by atoms with van der Waals surface area (Å²) >= 11 is 0. The number of carbonyl (C=O) groups excluding carboxylic acids is 1. The summed E-state index contributed by atoms with van der Waals surface area (Å²) in [7, 11) is 0. The number of aliphatic carboxylic acids is 1. The fraction of sp³-hybridized carbons (Fsp3) is 0.778. The maximum Gasteiger partial charge on any atom is 0.306 e. The minimum absolute atomic E-state index is 0.122. The van der Waals surface area contributed by atoms with Crippen molar-refractivity contribution in [1.82, 2.24) is 5.32 Å². The third-order valence-electron chi connectivity index (χ3n) is 2.69. The fourth-order valence-electron chi connectivity index (χ4n) is 1.98. The van der Waals surface area contributed by atoms with Gasteiger partial charge in [-0.2, -0.15) is 0 Å². The molecule has 1 fully saturated rings. The molecular weight excluding hydrogens is 170 g/mol. The van der Waals surface area contributed by atoms with Gasteiger partial charge in [-0.05, 0) is 18.8 Å². The van der Waals surface area contributed by atoms with Crippen molar-refractivity contribution in [3.63, 3.8) is 0 Å². The van der Waals surface area contributed by atoms with E-state index in [1.807, 2.05) is 0 Å². The number of amides is 1. The molecule has 0 heterocycles. The highest BCUT2D eigenvalue weighted by molar-refractivity contribution is 5.70. The summed E-state index contributed by atoms with van der Waals surface area (Å²) in [6, 6.07) is 0. The highest BCUT2D eigenvalue weighted by atomic mass is 16.4. The van der Waals surface area contributed by atoms with Crippen molar-refractivity contribution in [1.29, 1.82) is 0 Å². The molecule has 13 heavy (non-hydrogen) atoms. The molecule has 0 radical (unpaired) electrons. The number of carboxylic acid groups (broad SMARTS) is 1. The molecule has 0 saturated heterocycles. The number of hydrogen-bond acceptors (Lipinski definition) is 2. The standard InChI is InChI=1S/C9H15NO3/c11-6-10-5-7-3-1-2-4-8(7)9(12)13/h6-8H,1-5H2,(H,10,11)(H,12,13). The van der Waals surface area contributed by atoms with Crippen molar-refractivity contribution < 1.29 is 14.7 Å². The maximum absolute atomic E-state index is 10.8. The summed E-state index contributed by atoms with van der Waals surface area (Å²) in [5, 5.41) is 11.5. The lowest BCUT2D eigenvalue weighted by Gasteiger charge is -2.27. The van der Waals surface area contributed by atoms with Crippen LogP contribution in [-0.2, 0) is 9.59 Å². The van der Waals surface area contributed by atoms with Gasteiger partial charge in [-0.3, -0.25) is 9.59 Å². The summed E-state index contributed by atoms with van der Waals surface area (Å²) in [6.45, 7) is 0.500. The summed E-state index contributed by atoms with van der Waals surface area (Å²) < 4.78 is 0. The number of hydrogen-bond donors (Lipinski definition) is 2. The molecule has 4 heteroatoms. The Bertz CT molecular complexity index is 193. The second-order valence-corrected chi connectivity index (χ2v) is 3.52. The molecule has 0 aromatic rings. The average molecular weight is 185 g/mol. The Kier molecular flexibility index (Phi) is 3.73. The van der Waals surface area contributed by atoms with Gasteiger partial charge in [0.2, 0.25) is 6.41 Å². The molecule has 2 N–H and O–H groups in total. The number of carboxylic acids is 1. The van der Waals surface area contributed by atoms with Crippen LogP contribution in [0.1, 0.15) is 25.7 Å². The SMILES string of the molecule is O=CNCC1CCCCC1C(=O)O. The minimum Gasteiger partial charge on any atom is -0.481 e. The first-order valence-corrected chi connectivity index (χ1v) is 4.65. The maximum atomic E-state index is 10.8. The fourth-order valence-corrected chi connectivity index (χ4v) is 1.98. The molecule has 1 saturated carbocycles. The van der Waals surface area contributed by atoms with Crippen molar-refractivity contribution >= 4 is 12.4 Å². The van der Waals surface area contributed by atoms with Crippen LogP contribution >= 0.6 is 0 Å². The van der Waals surface area contributed by atoms with Gasteiger partial charge in [0.1, 0.15) is 0 Å². The molecule has 74 valence electrons. The third-order valence-corrected chi connectivity index (χ3v) is 2.69. The van der Waals surface area contributed by atoms with Crippen molar-refractivity contribution in [3.05, 3.63) is 0 Å². The smallest absolute Gasteiger partial charge is 0.306 e. The van der Waals surface area contributed by atoms with Gasteiger partial charge in [-0.15, -0.1) is 0 Å². The van der Waals surface area contributed by atoms with Crippen LogP contribution in [0.25, 0.3) is 0 Å². The number of rotatable bonds is 4. The molecule has 1 rings (SSSR count). The quantitative estimate of drug-likeness (QED) is 0.631. The summed E-state index contributed by atoms with van der Waals surface area (Å²) in [4.78, 5) is 20.9. The number of nitrogens with one attached hydrogen (secondary N) is 1. The molecule has 1 amide bonds. The van der Waals surface area contributed by atoms with Gasteiger partial charge < -0.3 is 10.4 Å². The van der Waals surface area contributed by atoms with E-state index in [0.717, 1.165) is 25.7 Å². The van der Waals surface area contributed by atoms with Crippen molar-refractivity contribution in [3.8, 4) is 0 Å². The van der Waals surface area contributed by atoms with E-state index >= 15 is 0 Å². The highest BCUT2D eigenvalue weighted by Gasteiger charge is 2.30. The van der Waals surface area contributed by atoms with E-state index < -0.39 is 5.97 Å². The lowest BCUT2D eigenvalue weighted by molar-refractivity contribution is -0.145. The predicted octanol–water partition coefficient (Wildman–Crippen LogP) is 0.623. The zero-order chi connectivity index (χ0) is 9.68. The largest absolute Gasteiger partial charge is 0.481 e. The molecule has 0 bridgehead atoms. The molecule has 1 aliphatic carbocycles. The van der Waals surface area contributed by atoms with E-state index in [4.69, 9.17) is 5.11 Å². The second kappa shape index (κ2) is 4.84. The Morgan fingerprint density at radius 1 is 1.46 bits per heavy atom. The summed E-state index contributed by atoms with van der Waals surface area (Å²) in [5.41, 5.74) is 0. The predicted molar refractivity (Wildman–Crippen MR) is 47.2 cm³/mol. The van der Waals surface area contributed by atoms with Crippen LogP contribution in [0.3, 0.4) is 0 Å². The van der Waals surface area contributed by atoms with E-state index in [-0.39, 0.29) is 11.8 Å². The van der Waals surface area contributed by atoms with Crippen molar-refractivity contribution in [2.24, 2.45) is 11.8 Å². The monoisotopic (exact) mass is 185 g/mol. The summed E-state index contributed by atoms with van der Waals surface area (Å²) in [5.74, 6) is -0.866. The zero-order valence-electron chi connectivity index (χ0n) is 7.53. The first-order chi connectivity index (χ1) is 6.25. The van der Waals surface area contributed by atoms with Gasteiger partial charge in [0, 0.05) is 6.54 Å². The third kappa shape index (κ3) is 2.72. The van der Waals surface area contributed by atoms with Gasteiger partial charge >= 0.3 is 5.97 Å². The van der Waals surface area contributed by atoms with Gasteiger partial charge in [0.15, 0.2) is 0 Å². The Balaban J connectivity index is 2.46. The molecule has 1 aliphatic rings. The van der Waals surface area contributed by atoms with E-state index in [0.29, 0.717) is 13.0 Å². The van der Waals surface area contributed by atoms with Crippen molar-refractivity contribution in [2.45, 2.75) is 25.7 Å². The van der Waals surface area contributed by atoms with Gasteiger partial charge in [-0.1, -0.05) is 12.8 Å². The molecule has 4 nitrogen and oxygen atoms in total. The van der Waals surface area contributed by atoms with Crippen LogP contribution in [0.15, 0.2) is 0 Å². The summed E-state index contributed by atoms with van der Waals surface area (Å²) in [6.07, 6.45) is 4.37. The van der Waals surface area contributed by atoms with Crippen molar-refractivity contribution in [2.75, 3.05) is 6.54 Å². The average Bonchev–Trinajstić information content (AvgIpc) is 2.15. The van der Waals surface area contributed by atoms with Crippen LogP contribution in [0.2, 0.25) is 0 Å². The molecule has 0 aromatic carbocycles. The Morgan fingerprint density at radius 3 is 2.77 bits per heavy atom. The van der Waals surface area contributed by atoms with Crippen LogP contribution < -0.4 is 5.32 Å². The molecular formula is C9H15NO3. The van der Waals surface area contributed by atoms with Gasteiger partial charge in [0.05, 0.1) is 5.92 Å². The normalized spacial score (nSPS) is 28.0. The minimum atomic E-state index is -0.725. The van der Waals surface area contributed by atoms with Crippen LogP contribution in [0, 0.1) is 11.8 Å². The topological polar surface area (TPSA) is 66.4 Å². The van der Waals surface area contributed by atoms with Crippen LogP contribution in [-0.4, -0.2) is 24.0 Å². The van der Waals surface area contributed by atoms with Crippen LogP contribution in [0.5, 0.6) is 0 Å². The Morgan fingerprint density at radius 2 is 2.15 bits per heavy atom. The highest BCUT2D eigenvalue weighted by Crippen LogP contribution is 2.29. The van der Waals surface area contributed by atoms with E-state index in [9.17, 15) is 9.59 Å².